The van der Waals surface area contributed by atoms with Crippen molar-refractivity contribution in [1.29, 1.82) is 0 Å². The second-order valence-corrected chi connectivity index (χ2v) is 6.67. The van der Waals surface area contributed by atoms with Crippen LogP contribution in [0.5, 0.6) is 0 Å². The van der Waals surface area contributed by atoms with Crippen molar-refractivity contribution in [1.82, 2.24) is 9.88 Å². The highest BCUT2D eigenvalue weighted by Gasteiger charge is 2.33. The number of carboxylic acids is 1. The van der Waals surface area contributed by atoms with E-state index in [0.29, 0.717) is 25.2 Å². The van der Waals surface area contributed by atoms with Gasteiger partial charge in [0.05, 0.1) is 12.1 Å². The molecule has 0 bridgehead atoms. The number of rotatable bonds is 5. The summed E-state index contributed by atoms with van der Waals surface area (Å²) in [6, 6.07) is 7.15. The Bertz CT molecular complexity index is 759. The molecular formula is C17H19N3O3S. The number of nitrogens with zero attached hydrogens (tertiary/aromatic N) is 2. The Morgan fingerprint density at radius 1 is 1.42 bits per heavy atom. The van der Waals surface area contributed by atoms with Crippen LogP contribution in [0.15, 0.2) is 29.6 Å². The summed E-state index contributed by atoms with van der Waals surface area (Å²) in [5.74, 6) is -1.11. The van der Waals surface area contributed by atoms with Crippen LogP contribution in [-0.4, -0.2) is 39.5 Å². The third-order valence-electron chi connectivity index (χ3n) is 4.15. The van der Waals surface area contributed by atoms with Crippen molar-refractivity contribution in [2.75, 3.05) is 6.54 Å². The number of hydrogen-bond acceptors (Lipinski definition) is 5. The zero-order valence-corrected chi connectivity index (χ0v) is 14.0. The summed E-state index contributed by atoms with van der Waals surface area (Å²) in [5, 5.41) is 11.9. The van der Waals surface area contributed by atoms with E-state index in [-0.39, 0.29) is 12.3 Å². The molecule has 1 aromatic heterocycles. The molecule has 1 atom stereocenters. The lowest BCUT2D eigenvalue weighted by molar-refractivity contribution is -0.148. The van der Waals surface area contributed by atoms with Crippen LogP contribution in [0.4, 0.5) is 0 Å². The van der Waals surface area contributed by atoms with E-state index in [4.69, 9.17) is 5.73 Å². The molecule has 1 unspecified atom stereocenters. The highest BCUT2D eigenvalue weighted by atomic mass is 32.1. The average molecular weight is 345 g/mol. The van der Waals surface area contributed by atoms with Gasteiger partial charge >= 0.3 is 5.97 Å². The van der Waals surface area contributed by atoms with Gasteiger partial charge in [0, 0.05) is 24.0 Å². The fraction of sp³-hybridized carbons (Fsp3) is 0.353. The van der Waals surface area contributed by atoms with Crippen molar-refractivity contribution in [3.8, 4) is 10.6 Å². The molecule has 1 aromatic carbocycles. The maximum absolute atomic E-state index is 12.4. The summed E-state index contributed by atoms with van der Waals surface area (Å²) >= 11 is 1.47. The maximum atomic E-state index is 12.4. The van der Waals surface area contributed by atoms with E-state index in [9.17, 15) is 14.7 Å². The number of carbonyl (C=O) groups is 2. The van der Waals surface area contributed by atoms with E-state index in [0.717, 1.165) is 22.6 Å². The summed E-state index contributed by atoms with van der Waals surface area (Å²) < 4.78 is 0. The Labute approximate surface area is 143 Å². The summed E-state index contributed by atoms with van der Waals surface area (Å²) in [5.41, 5.74) is 8.34. The normalized spacial score (nSPS) is 17.2. The van der Waals surface area contributed by atoms with Gasteiger partial charge in [0.1, 0.15) is 11.0 Å². The molecule has 0 radical (unpaired) electrons. The fourth-order valence-corrected chi connectivity index (χ4v) is 3.75. The number of hydrogen-bond donors (Lipinski definition) is 2. The first kappa shape index (κ1) is 16.6. The van der Waals surface area contributed by atoms with Gasteiger partial charge in [-0.25, -0.2) is 9.78 Å². The minimum Gasteiger partial charge on any atom is -0.480 e. The molecule has 7 heteroatoms. The lowest BCUT2D eigenvalue weighted by atomic mass is 10.1. The number of amides is 1. The zero-order valence-electron chi connectivity index (χ0n) is 13.1. The van der Waals surface area contributed by atoms with E-state index < -0.39 is 12.0 Å². The minimum absolute atomic E-state index is 0.136. The van der Waals surface area contributed by atoms with Crippen molar-refractivity contribution >= 4 is 23.2 Å². The maximum Gasteiger partial charge on any atom is 0.326 e. The molecule has 1 amide bonds. The highest BCUT2D eigenvalue weighted by molar-refractivity contribution is 7.13. The first-order valence-corrected chi connectivity index (χ1v) is 8.72. The van der Waals surface area contributed by atoms with Crippen LogP contribution in [0.25, 0.3) is 10.6 Å². The number of nitrogens with two attached hydrogens (primary N) is 1. The molecule has 1 saturated heterocycles. The SMILES string of the molecule is NCc1cccc(-c2nc(CC(=O)N3CCCC3C(=O)O)cs2)c1. The second-order valence-electron chi connectivity index (χ2n) is 5.81. The smallest absolute Gasteiger partial charge is 0.326 e. The Balaban J connectivity index is 1.72. The summed E-state index contributed by atoms with van der Waals surface area (Å²) in [4.78, 5) is 29.6. The lowest BCUT2D eigenvalue weighted by Crippen LogP contribution is -2.41. The number of benzene rings is 1. The molecule has 0 spiro atoms. The quantitative estimate of drug-likeness (QED) is 0.862. The zero-order chi connectivity index (χ0) is 17.1. The molecule has 126 valence electrons. The monoisotopic (exact) mass is 345 g/mol. The van der Waals surface area contributed by atoms with Crippen LogP contribution in [0.2, 0.25) is 0 Å². The molecule has 1 fully saturated rings. The van der Waals surface area contributed by atoms with Crippen LogP contribution in [0, 0.1) is 0 Å². The molecule has 0 aliphatic carbocycles. The minimum atomic E-state index is -0.932. The van der Waals surface area contributed by atoms with Crippen molar-refractivity contribution < 1.29 is 14.7 Å². The molecule has 2 aromatic rings. The van der Waals surface area contributed by atoms with Gasteiger partial charge in [0.15, 0.2) is 0 Å². The number of aliphatic carboxylic acids is 1. The molecule has 6 nitrogen and oxygen atoms in total. The van der Waals surface area contributed by atoms with Gasteiger partial charge < -0.3 is 15.7 Å². The van der Waals surface area contributed by atoms with Gasteiger partial charge in [-0.2, -0.15) is 0 Å². The third kappa shape index (κ3) is 3.47. The largest absolute Gasteiger partial charge is 0.480 e. The fourth-order valence-electron chi connectivity index (χ4n) is 2.93. The highest BCUT2D eigenvalue weighted by Crippen LogP contribution is 2.25. The average Bonchev–Trinajstić information content (AvgIpc) is 3.24. The standard InChI is InChI=1S/C17H19N3O3S/c18-9-11-3-1-4-12(7-11)16-19-13(10-24-16)8-15(21)20-6-2-5-14(20)17(22)23/h1,3-4,7,10,14H,2,5-6,8-9,18H2,(H,22,23). The predicted octanol–water partition coefficient (Wildman–Crippen LogP) is 1.89. The number of carbonyl (C=O) groups excluding carboxylic acids is 1. The van der Waals surface area contributed by atoms with Gasteiger partial charge in [0.25, 0.3) is 0 Å². The Morgan fingerprint density at radius 3 is 3.00 bits per heavy atom. The van der Waals surface area contributed by atoms with E-state index in [1.165, 1.54) is 16.2 Å². The molecule has 1 aliphatic rings. The Morgan fingerprint density at radius 2 is 2.25 bits per heavy atom. The van der Waals surface area contributed by atoms with Crippen LogP contribution in [-0.2, 0) is 22.6 Å². The molecule has 1 aliphatic heterocycles. The van der Waals surface area contributed by atoms with Crippen LogP contribution >= 0.6 is 11.3 Å². The Kier molecular flexibility index (Phi) is 4.92. The van der Waals surface area contributed by atoms with Crippen molar-refractivity contribution in [2.24, 2.45) is 5.73 Å². The van der Waals surface area contributed by atoms with Crippen molar-refractivity contribution in [2.45, 2.75) is 31.8 Å². The van der Waals surface area contributed by atoms with Crippen molar-refractivity contribution in [3.63, 3.8) is 0 Å². The van der Waals surface area contributed by atoms with Crippen molar-refractivity contribution in [3.05, 3.63) is 40.9 Å². The number of thiazole rings is 1. The van der Waals surface area contributed by atoms with Gasteiger partial charge in [0.2, 0.25) is 5.91 Å². The molecular weight excluding hydrogens is 326 g/mol. The first-order chi connectivity index (χ1) is 11.6. The third-order valence-corrected chi connectivity index (χ3v) is 5.09. The molecule has 2 heterocycles. The van der Waals surface area contributed by atoms with E-state index >= 15 is 0 Å². The van der Waals surface area contributed by atoms with Crippen LogP contribution in [0.3, 0.4) is 0 Å². The molecule has 3 rings (SSSR count). The molecule has 0 saturated carbocycles. The summed E-state index contributed by atoms with van der Waals surface area (Å²) in [6.45, 7) is 0.974. The van der Waals surface area contributed by atoms with Gasteiger partial charge in [-0.15, -0.1) is 11.3 Å². The molecule has 3 N–H and O–H groups in total. The second kappa shape index (κ2) is 7.11. The number of carboxylic acid groups (broad SMARTS) is 1. The molecule has 24 heavy (non-hydrogen) atoms. The van der Waals surface area contributed by atoms with E-state index in [1.807, 2.05) is 29.6 Å². The van der Waals surface area contributed by atoms with E-state index in [2.05, 4.69) is 4.98 Å². The van der Waals surface area contributed by atoms with Crippen LogP contribution < -0.4 is 5.73 Å². The van der Waals surface area contributed by atoms with Gasteiger partial charge in [-0.05, 0) is 24.5 Å². The van der Waals surface area contributed by atoms with Crippen LogP contribution in [0.1, 0.15) is 24.1 Å². The summed E-state index contributed by atoms with van der Waals surface area (Å²) in [6.07, 6.45) is 1.39. The predicted molar refractivity (Wildman–Crippen MR) is 91.5 cm³/mol. The Hall–Kier alpha value is -2.25. The lowest BCUT2D eigenvalue weighted by Gasteiger charge is -2.20. The topological polar surface area (TPSA) is 96.5 Å². The van der Waals surface area contributed by atoms with Gasteiger partial charge in [-0.1, -0.05) is 18.2 Å². The van der Waals surface area contributed by atoms with E-state index in [1.54, 1.807) is 0 Å². The number of likely N-dealkylation sites (tertiary alicyclic amines) is 1. The number of aromatic nitrogens is 1. The first-order valence-electron chi connectivity index (χ1n) is 7.84. The van der Waals surface area contributed by atoms with Gasteiger partial charge in [-0.3, -0.25) is 4.79 Å². The summed E-state index contributed by atoms with van der Waals surface area (Å²) in [7, 11) is 0.